The lowest BCUT2D eigenvalue weighted by atomic mass is 10.1. The number of nitro groups is 2. The molecule has 0 unspecified atom stereocenters. The molecule has 3 aromatic carbocycles. The van der Waals surface area contributed by atoms with Crippen LogP contribution in [0, 0.1) is 20.2 Å². The number of nitrogens with one attached hydrogen (secondary N) is 1. The number of amides is 1. The molecule has 0 saturated carbocycles. The van der Waals surface area contributed by atoms with Gasteiger partial charge in [-0.05, 0) is 36.4 Å². The van der Waals surface area contributed by atoms with Crippen LogP contribution in [0.3, 0.4) is 0 Å². The average Bonchev–Trinajstić information content (AvgIpc) is 2.82. The Bertz CT molecular complexity index is 1310. The highest BCUT2D eigenvalue weighted by molar-refractivity contribution is 9.10. The van der Waals surface area contributed by atoms with E-state index in [1.807, 2.05) is 0 Å². The minimum atomic E-state index is -0.905. The number of carbonyl (C=O) groups excluding carboxylic acids is 3. The summed E-state index contributed by atoms with van der Waals surface area (Å²) in [5, 5.41) is 24.5. The molecule has 0 aliphatic carbocycles. The van der Waals surface area contributed by atoms with Crippen molar-refractivity contribution >= 4 is 50.7 Å². The Hall–Kier alpha value is -4.45. The van der Waals surface area contributed by atoms with Gasteiger partial charge in [-0.25, -0.2) is 4.79 Å². The summed E-state index contributed by atoms with van der Waals surface area (Å²) >= 11 is 3.26. The van der Waals surface area contributed by atoms with E-state index in [-0.39, 0.29) is 11.3 Å². The van der Waals surface area contributed by atoms with Crippen LogP contribution in [0.1, 0.15) is 31.1 Å². The number of Topliss-reactive ketones (excluding diaryl/α,β-unsaturated/α-hetero) is 1. The van der Waals surface area contributed by atoms with Crippen molar-refractivity contribution in [2.75, 3.05) is 11.9 Å². The van der Waals surface area contributed by atoms with Crippen LogP contribution in [0.4, 0.5) is 17.1 Å². The second-order valence-corrected chi connectivity index (χ2v) is 7.67. The molecule has 3 rings (SSSR count). The van der Waals surface area contributed by atoms with E-state index < -0.39 is 51.1 Å². The van der Waals surface area contributed by atoms with Gasteiger partial charge in [0.25, 0.3) is 17.3 Å². The first-order valence-corrected chi connectivity index (χ1v) is 10.2. The van der Waals surface area contributed by atoms with Crippen LogP contribution < -0.4 is 5.32 Å². The Kier molecular flexibility index (Phi) is 7.43. The third-order valence-electron chi connectivity index (χ3n) is 4.49. The smallest absolute Gasteiger partial charge is 0.338 e. The molecular formula is C22H14BrN3O8. The molecule has 1 N–H and O–H groups in total. The maximum Gasteiger partial charge on any atom is 0.338 e. The Morgan fingerprint density at radius 1 is 0.882 bits per heavy atom. The van der Waals surface area contributed by atoms with Crippen molar-refractivity contribution in [3.63, 3.8) is 0 Å². The predicted molar refractivity (Wildman–Crippen MR) is 123 cm³/mol. The van der Waals surface area contributed by atoms with E-state index >= 15 is 0 Å². The SMILES string of the molecule is O=C(COC(=O)c1cccc(NC(=O)c2ccc([N+](=O)[O-])cc2[N+](=O)[O-])c1)c1ccc(Br)cc1. The maximum atomic E-state index is 12.5. The number of hydrogen-bond donors (Lipinski definition) is 1. The van der Waals surface area contributed by atoms with Gasteiger partial charge in [-0.3, -0.25) is 29.8 Å². The van der Waals surface area contributed by atoms with Crippen molar-refractivity contribution in [1.82, 2.24) is 0 Å². The number of benzene rings is 3. The summed E-state index contributed by atoms with van der Waals surface area (Å²) < 4.78 is 5.83. The van der Waals surface area contributed by atoms with Crippen LogP contribution in [0.15, 0.2) is 71.2 Å². The van der Waals surface area contributed by atoms with Gasteiger partial charge in [0.05, 0.1) is 21.5 Å². The number of non-ortho nitro benzene ring substituents is 1. The zero-order chi connectivity index (χ0) is 24.8. The number of esters is 1. The number of anilines is 1. The minimum absolute atomic E-state index is 0.0274. The van der Waals surface area contributed by atoms with Gasteiger partial charge in [0.2, 0.25) is 0 Å². The van der Waals surface area contributed by atoms with E-state index in [4.69, 9.17) is 4.74 Å². The first-order chi connectivity index (χ1) is 16.2. The molecular weight excluding hydrogens is 514 g/mol. The van der Waals surface area contributed by atoms with E-state index in [1.54, 1.807) is 24.3 Å². The molecule has 34 heavy (non-hydrogen) atoms. The van der Waals surface area contributed by atoms with Crippen molar-refractivity contribution in [1.29, 1.82) is 0 Å². The summed E-state index contributed by atoms with van der Waals surface area (Å²) in [6, 6.07) is 14.7. The molecule has 0 aromatic heterocycles. The second kappa shape index (κ2) is 10.4. The molecule has 12 heteroatoms. The van der Waals surface area contributed by atoms with E-state index in [9.17, 15) is 34.6 Å². The summed E-state index contributed by atoms with van der Waals surface area (Å²) in [7, 11) is 0. The Labute approximate surface area is 199 Å². The zero-order valence-electron chi connectivity index (χ0n) is 17.1. The number of halogens is 1. The number of nitrogens with zero attached hydrogens (tertiary/aromatic N) is 2. The molecule has 0 heterocycles. The average molecular weight is 528 g/mol. The lowest BCUT2D eigenvalue weighted by Crippen LogP contribution is -2.16. The summed E-state index contributed by atoms with van der Waals surface area (Å²) in [5.41, 5.74) is -1.17. The number of ether oxygens (including phenoxy) is 1. The van der Waals surface area contributed by atoms with E-state index in [0.29, 0.717) is 11.6 Å². The van der Waals surface area contributed by atoms with E-state index in [0.717, 1.165) is 16.6 Å². The molecule has 0 saturated heterocycles. The topological polar surface area (TPSA) is 159 Å². The van der Waals surface area contributed by atoms with E-state index in [2.05, 4.69) is 21.2 Å². The first-order valence-electron chi connectivity index (χ1n) is 9.46. The van der Waals surface area contributed by atoms with Gasteiger partial charge in [0, 0.05) is 21.8 Å². The second-order valence-electron chi connectivity index (χ2n) is 6.76. The summed E-state index contributed by atoms with van der Waals surface area (Å²) in [5.74, 6) is -2.13. The van der Waals surface area contributed by atoms with Gasteiger partial charge in [-0.15, -0.1) is 0 Å². The van der Waals surface area contributed by atoms with Gasteiger partial charge in [0.1, 0.15) is 5.56 Å². The normalized spacial score (nSPS) is 10.3. The molecule has 0 radical (unpaired) electrons. The Morgan fingerprint density at radius 2 is 1.59 bits per heavy atom. The predicted octanol–water partition coefficient (Wildman–Crippen LogP) is 4.56. The number of carbonyl (C=O) groups is 3. The van der Waals surface area contributed by atoms with Gasteiger partial charge >= 0.3 is 5.97 Å². The molecule has 1 amide bonds. The zero-order valence-corrected chi connectivity index (χ0v) is 18.7. The molecule has 172 valence electrons. The largest absolute Gasteiger partial charge is 0.454 e. The van der Waals surface area contributed by atoms with Crippen molar-refractivity contribution in [2.24, 2.45) is 0 Å². The molecule has 0 spiro atoms. The van der Waals surface area contributed by atoms with E-state index in [1.165, 1.54) is 24.3 Å². The molecule has 11 nitrogen and oxygen atoms in total. The fourth-order valence-electron chi connectivity index (χ4n) is 2.83. The molecule has 0 aliphatic rings. The molecule has 0 bridgehead atoms. The summed E-state index contributed by atoms with van der Waals surface area (Å²) in [4.78, 5) is 57.4. The first kappa shape index (κ1) is 24.2. The highest BCUT2D eigenvalue weighted by Gasteiger charge is 2.24. The Morgan fingerprint density at radius 3 is 2.24 bits per heavy atom. The number of nitro benzene ring substituents is 2. The Balaban J connectivity index is 1.70. The number of rotatable bonds is 8. The third kappa shape index (κ3) is 5.86. The highest BCUT2D eigenvalue weighted by Crippen LogP contribution is 2.25. The van der Waals surface area contributed by atoms with Crippen molar-refractivity contribution in [3.05, 3.63) is 108 Å². The van der Waals surface area contributed by atoms with Crippen molar-refractivity contribution in [2.45, 2.75) is 0 Å². The van der Waals surface area contributed by atoms with Crippen molar-refractivity contribution in [3.8, 4) is 0 Å². The maximum absolute atomic E-state index is 12.5. The monoisotopic (exact) mass is 527 g/mol. The fraction of sp³-hybridized carbons (Fsp3) is 0.0455. The summed E-state index contributed by atoms with van der Waals surface area (Å²) in [6.07, 6.45) is 0. The van der Waals surface area contributed by atoms with Crippen LogP contribution in [0.5, 0.6) is 0 Å². The van der Waals surface area contributed by atoms with Crippen LogP contribution in [-0.2, 0) is 4.74 Å². The summed E-state index contributed by atoms with van der Waals surface area (Å²) in [6.45, 7) is -0.494. The van der Waals surface area contributed by atoms with Gasteiger partial charge in [0.15, 0.2) is 12.4 Å². The molecule has 0 fully saturated rings. The van der Waals surface area contributed by atoms with Crippen LogP contribution in [0.25, 0.3) is 0 Å². The lowest BCUT2D eigenvalue weighted by molar-refractivity contribution is -0.394. The third-order valence-corrected chi connectivity index (χ3v) is 5.02. The highest BCUT2D eigenvalue weighted by atomic mass is 79.9. The standard InChI is InChI=1S/C22H14BrN3O8/c23-15-6-4-13(5-7-15)20(27)12-34-22(29)14-2-1-3-16(10-14)24-21(28)18-9-8-17(25(30)31)11-19(18)26(32)33/h1-11H,12H2,(H,24,28). The van der Waals surface area contributed by atoms with Crippen molar-refractivity contribution < 1.29 is 29.0 Å². The molecule has 3 aromatic rings. The number of hydrogen-bond acceptors (Lipinski definition) is 8. The van der Waals surface area contributed by atoms with Gasteiger partial charge in [-0.2, -0.15) is 0 Å². The number of ketones is 1. The minimum Gasteiger partial charge on any atom is -0.454 e. The van der Waals surface area contributed by atoms with Crippen LogP contribution in [0.2, 0.25) is 0 Å². The fourth-order valence-corrected chi connectivity index (χ4v) is 3.10. The quantitative estimate of drug-likeness (QED) is 0.193. The lowest BCUT2D eigenvalue weighted by Gasteiger charge is -2.08. The van der Waals surface area contributed by atoms with Crippen LogP contribution >= 0.6 is 15.9 Å². The van der Waals surface area contributed by atoms with Gasteiger partial charge < -0.3 is 10.1 Å². The van der Waals surface area contributed by atoms with Crippen LogP contribution in [-0.4, -0.2) is 34.1 Å². The van der Waals surface area contributed by atoms with Gasteiger partial charge in [-0.1, -0.05) is 34.1 Å². The molecule has 0 aliphatic heterocycles. The molecule has 0 atom stereocenters.